The summed E-state index contributed by atoms with van der Waals surface area (Å²) in [5.41, 5.74) is 0. The average molecular weight is 185 g/mol. The molecule has 0 aromatic heterocycles. The van der Waals surface area contributed by atoms with E-state index in [1.165, 1.54) is 6.42 Å². The van der Waals surface area contributed by atoms with Crippen molar-refractivity contribution in [3.05, 3.63) is 0 Å². The molecule has 0 radical (unpaired) electrons. The Labute approximate surface area is 79.6 Å². The molecule has 2 unspecified atom stereocenters. The third kappa shape index (κ3) is 2.02. The molecule has 2 aliphatic rings. The van der Waals surface area contributed by atoms with E-state index >= 15 is 0 Å². The molecule has 2 saturated heterocycles. The van der Waals surface area contributed by atoms with Gasteiger partial charge in [-0.25, -0.2) is 0 Å². The van der Waals surface area contributed by atoms with Crippen molar-refractivity contribution in [2.45, 2.75) is 18.7 Å². The third-order valence-corrected chi connectivity index (χ3v) is 3.01. The fourth-order valence-electron chi connectivity index (χ4n) is 2.29. The van der Waals surface area contributed by atoms with Crippen LogP contribution < -0.4 is 10.6 Å². The van der Waals surface area contributed by atoms with E-state index in [-0.39, 0.29) is 6.23 Å². The maximum Gasteiger partial charge on any atom is 0.123 e. The van der Waals surface area contributed by atoms with Gasteiger partial charge in [0.1, 0.15) is 6.23 Å². The summed E-state index contributed by atoms with van der Waals surface area (Å²) < 4.78 is 5.40. The van der Waals surface area contributed by atoms with E-state index in [0.29, 0.717) is 6.04 Å². The molecule has 0 bridgehead atoms. The van der Waals surface area contributed by atoms with Crippen molar-refractivity contribution in [1.29, 1.82) is 0 Å². The Morgan fingerprint density at radius 3 is 2.69 bits per heavy atom. The number of ether oxygens (including phenoxy) is 1. The molecule has 76 valence electrons. The van der Waals surface area contributed by atoms with Crippen LogP contribution in [0.4, 0.5) is 0 Å². The summed E-state index contributed by atoms with van der Waals surface area (Å²) in [5.74, 6) is 0. The average Bonchev–Trinajstić information content (AvgIpc) is 2.67. The molecular formula is C9H19N3O. The van der Waals surface area contributed by atoms with Crippen molar-refractivity contribution < 1.29 is 4.74 Å². The number of methoxy groups -OCH3 is 1. The number of rotatable bonds is 2. The highest BCUT2D eigenvalue weighted by atomic mass is 16.5. The maximum absolute atomic E-state index is 5.40. The van der Waals surface area contributed by atoms with E-state index in [2.05, 4.69) is 15.5 Å². The van der Waals surface area contributed by atoms with E-state index in [1.807, 2.05) is 0 Å². The molecule has 0 aromatic carbocycles. The topological polar surface area (TPSA) is 36.5 Å². The molecule has 0 saturated carbocycles. The van der Waals surface area contributed by atoms with Gasteiger partial charge in [0, 0.05) is 33.3 Å². The van der Waals surface area contributed by atoms with E-state index in [4.69, 9.17) is 4.74 Å². The largest absolute Gasteiger partial charge is 0.365 e. The van der Waals surface area contributed by atoms with Crippen LogP contribution in [0.1, 0.15) is 6.42 Å². The highest BCUT2D eigenvalue weighted by Crippen LogP contribution is 2.15. The highest BCUT2D eigenvalue weighted by Gasteiger charge is 2.32. The summed E-state index contributed by atoms with van der Waals surface area (Å²) >= 11 is 0. The minimum atomic E-state index is 0.248. The molecule has 0 spiro atoms. The summed E-state index contributed by atoms with van der Waals surface area (Å²) in [4.78, 5) is 2.53. The summed E-state index contributed by atoms with van der Waals surface area (Å²) in [7, 11) is 1.79. The Hall–Kier alpha value is -0.160. The minimum absolute atomic E-state index is 0.248. The van der Waals surface area contributed by atoms with Gasteiger partial charge in [-0.05, 0) is 13.0 Å². The Morgan fingerprint density at radius 2 is 2.00 bits per heavy atom. The first-order valence-corrected chi connectivity index (χ1v) is 5.13. The zero-order valence-electron chi connectivity index (χ0n) is 8.25. The smallest absolute Gasteiger partial charge is 0.123 e. The Bertz CT molecular complexity index is 159. The third-order valence-electron chi connectivity index (χ3n) is 3.01. The van der Waals surface area contributed by atoms with E-state index < -0.39 is 0 Å². The van der Waals surface area contributed by atoms with Crippen molar-refractivity contribution in [2.24, 2.45) is 0 Å². The quantitative estimate of drug-likeness (QED) is 0.592. The zero-order chi connectivity index (χ0) is 9.10. The van der Waals surface area contributed by atoms with Crippen molar-refractivity contribution in [3.63, 3.8) is 0 Å². The van der Waals surface area contributed by atoms with Gasteiger partial charge in [0.25, 0.3) is 0 Å². The van der Waals surface area contributed by atoms with Crippen molar-refractivity contribution in [3.8, 4) is 0 Å². The van der Waals surface area contributed by atoms with Crippen LogP contribution in [0.25, 0.3) is 0 Å². The van der Waals surface area contributed by atoms with Gasteiger partial charge in [0.05, 0.1) is 6.04 Å². The van der Waals surface area contributed by atoms with E-state index in [9.17, 15) is 0 Å². The Kier molecular flexibility index (Phi) is 3.16. The molecule has 0 aliphatic carbocycles. The predicted octanol–water partition coefficient (Wildman–Crippen LogP) is -0.774. The van der Waals surface area contributed by atoms with Crippen LogP contribution >= 0.6 is 0 Å². The minimum Gasteiger partial charge on any atom is -0.365 e. The first-order chi connectivity index (χ1) is 6.42. The van der Waals surface area contributed by atoms with Crippen LogP contribution in [-0.4, -0.2) is 57.0 Å². The Balaban J connectivity index is 1.90. The molecule has 2 rings (SSSR count). The van der Waals surface area contributed by atoms with Gasteiger partial charge in [-0.2, -0.15) is 0 Å². The molecule has 2 atom stereocenters. The molecule has 0 amide bonds. The summed E-state index contributed by atoms with van der Waals surface area (Å²) in [6.45, 7) is 5.64. The van der Waals surface area contributed by atoms with Crippen LogP contribution in [-0.2, 0) is 4.74 Å². The number of hydrogen-bond acceptors (Lipinski definition) is 4. The zero-order valence-corrected chi connectivity index (χ0v) is 8.25. The summed E-state index contributed by atoms with van der Waals surface area (Å²) in [6.07, 6.45) is 1.47. The first kappa shape index (κ1) is 9.40. The van der Waals surface area contributed by atoms with Crippen molar-refractivity contribution >= 4 is 0 Å². The van der Waals surface area contributed by atoms with Gasteiger partial charge in [-0.15, -0.1) is 0 Å². The first-order valence-electron chi connectivity index (χ1n) is 5.13. The predicted molar refractivity (Wildman–Crippen MR) is 51.6 cm³/mol. The van der Waals surface area contributed by atoms with Gasteiger partial charge < -0.3 is 10.1 Å². The molecule has 2 heterocycles. The van der Waals surface area contributed by atoms with E-state index in [0.717, 1.165) is 32.7 Å². The van der Waals surface area contributed by atoms with Crippen molar-refractivity contribution in [2.75, 3.05) is 39.8 Å². The second-order valence-corrected chi connectivity index (χ2v) is 3.75. The fraction of sp³-hybridized carbons (Fsp3) is 1.00. The SMILES string of the molecule is COC1NCCC1N1CCNCC1. The van der Waals surface area contributed by atoms with Gasteiger partial charge >= 0.3 is 0 Å². The lowest BCUT2D eigenvalue weighted by molar-refractivity contribution is 0.0160. The second kappa shape index (κ2) is 4.37. The Morgan fingerprint density at radius 1 is 1.23 bits per heavy atom. The standard InChI is InChI=1S/C9H19N3O/c1-13-9-8(2-3-11-9)12-6-4-10-5-7-12/h8-11H,2-7H2,1H3. The van der Waals surface area contributed by atoms with Crippen LogP contribution in [0.3, 0.4) is 0 Å². The fourth-order valence-corrected chi connectivity index (χ4v) is 2.29. The van der Waals surface area contributed by atoms with E-state index in [1.54, 1.807) is 7.11 Å². The van der Waals surface area contributed by atoms with Gasteiger partial charge in [-0.1, -0.05) is 0 Å². The lowest BCUT2D eigenvalue weighted by Gasteiger charge is -2.34. The van der Waals surface area contributed by atoms with Gasteiger partial charge in [0.15, 0.2) is 0 Å². The molecule has 0 aromatic rings. The van der Waals surface area contributed by atoms with Crippen LogP contribution in [0.2, 0.25) is 0 Å². The normalized spacial score (nSPS) is 36.7. The second-order valence-electron chi connectivity index (χ2n) is 3.75. The molecule has 2 N–H and O–H groups in total. The lowest BCUT2D eigenvalue weighted by Crippen LogP contribution is -2.52. The van der Waals surface area contributed by atoms with Gasteiger partial charge in [0.2, 0.25) is 0 Å². The molecule has 4 nitrogen and oxygen atoms in total. The molecule has 2 fully saturated rings. The maximum atomic E-state index is 5.40. The number of piperazine rings is 1. The van der Waals surface area contributed by atoms with Crippen LogP contribution in [0.5, 0.6) is 0 Å². The van der Waals surface area contributed by atoms with Crippen LogP contribution in [0.15, 0.2) is 0 Å². The monoisotopic (exact) mass is 185 g/mol. The summed E-state index contributed by atoms with van der Waals surface area (Å²) in [6, 6.07) is 0.590. The number of nitrogens with zero attached hydrogens (tertiary/aromatic N) is 1. The molecule has 2 aliphatic heterocycles. The molecular weight excluding hydrogens is 166 g/mol. The molecule has 13 heavy (non-hydrogen) atoms. The number of nitrogens with one attached hydrogen (secondary N) is 2. The molecule has 4 heteroatoms. The van der Waals surface area contributed by atoms with Gasteiger partial charge in [-0.3, -0.25) is 10.2 Å². The highest BCUT2D eigenvalue weighted by molar-refractivity contribution is 4.87. The lowest BCUT2D eigenvalue weighted by atomic mass is 10.2. The van der Waals surface area contributed by atoms with Crippen molar-refractivity contribution in [1.82, 2.24) is 15.5 Å². The summed E-state index contributed by atoms with van der Waals surface area (Å²) in [5, 5.41) is 6.74. The van der Waals surface area contributed by atoms with Crippen LogP contribution in [0, 0.1) is 0 Å². The number of hydrogen-bond donors (Lipinski definition) is 2.